The molecule has 4 aromatic rings. The molecular weight excluding hydrogens is 432 g/mol. The lowest BCUT2D eigenvalue weighted by molar-refractivity contribution is 0.965. The minimum Gasteiger partial charge on any atom is -0.0988 e. The topological polar surface area (TPSA) is 0 Å². The molecule has 2 aliphatic rings. The van der Waals surface area contributed by atoms with Gasteiger partial charge in [-0.2, -0.15) is 0 Å². The van der Waals surface area contributed by atoms with Crippen LogP contribution in [0.4, 0.5) is 0 Å². The van der Waals surface area contributed by atoms with Gasteiger partial charge in [0.2, 0.25) is 0 Å². The number of allylic oxidation sites excluding steroid dienone is 4. The van der Waals surface area contributed by atoms with E-state index in [1.165, 1.54) is 66.8 Å². The van der Waals surface area contributed by atoms with Crippen molar-refractivity contribution in [3.05, 3.63) is 155 Å². The van der Waals surface area contributed by atoms with E-state index in [0.717, 1.165) is 38.5 Å². The van der Waals surface area contributed by atoms with E-state index in [1.807, 2.05) is 12.2 Å². The van der Waals surface area contributed by atoms with Crippen molar-refractivity contribution in [2.24, 2.45) is 0 Å². The molecule has 4 aromatic carbocycles. The van der Waals surface area contributed by atoms with Crippen molar-refractivity contribution in [1.29, 1.82) is 0 Å². The van der Waals surface area contributed by atoms with E-state index in [1.54, 1.807) is 0 Å². The Morgan fingerprint density at radius 2 is 0.944 bits per heavy atom. The highest BCUT2D eigenvalue weighted by Crippen LogP contribution is 2.33. The van der Waals surface area contributed by atoms with E-state index in [0.29, 0.717) is 0 Å². The number of fused-ring (bicyclic) bond motifs is 3. The molecule has 0 saturated heterocycles. The van der Waals surface area contributed by atoms with Crippen molar-refractivity contribution in [1.82, 2.24) is 0 Å². The first-order valence-electron chi connectivity index (χ1n) is 13.1. The SMILES string of the molecule is C=CC1=C(C=C)Cc2ccc(-c3cccc(-c4ccc5c(c4)CCc4ccccc4C5)c3)cc2CC1. The Hall–Kier alpha value is -3.90. The molecule has 36 heavy (non-hydrogen) atoms. The minimum atomic E-state index is 0.944. The third-order valence-electron chi connectivity index (χ3n) is 8.05. The van der Waals surface area contributed by atoms with Crippen LogP contribution >= 0.6 is 0 Å². The predicted molar refractivity (Wildman–Crippen MR) is 153 cm³/mol. The second-order valence-corrected chi connectivity index (χ2v) is 10.1. The molecule has 0 atom stereocenters. The van der Waals surface area contributed by atoms with E-state index in [4.69, 9.17) is 0 Å². The largest absolute Gasteiger partial charge is 0.0988 e. The quantitative estimate of drug-likeness (QED) is 0.283. The van der Waals surface area contributed by atoms with Gasteiger partial charge in [0, 0.05) is 0 Å². The van der Waals surface area contributed by atoms with Crippen LogP contribution in [0.15, 0.2) is 121 Å². The van der Waals surface area contributed by atoms with Crippen LogP contribution in [-0.2, 0) is 32.1 Å². The van der Waals surface area contributed by atoms with Crippen molar-refractivity contribution in [2.75, 3.05) is 0 Å². The number of benzene rings is 4. The molecule has 6 rings (SSSR count). The van der Waals surface area contributed by atoms with Crippen molar-refractivity contribution in [3.63, 3.8) is 0 Å². The molecule has 0 N–H and O–H groups in total. The van der Waals surface area contributed by atoms with Gasteiger partial charge in [-0.3, -0.25) is 0 Å². The Kier molecular flexibility index (Phi) is 6.03. The first-order valence-corrected chi connectivity index (χ1v) is 13.1. The van der Waals surface area contributed by atoms with Crippen LogP contribution in [0, 0.1) is 0 Å². The molecule has 0 fully saturated rings. The predicted octanol–water partition coefficient (Wildman–Crippen LogP) is 8.87. The summed E-state index contributed by atoms with van der Waals surface area (Å²) >= 11 is 0. The third kappa shape index (κ3) is 4.29. The van der Waals surface area contributed by atoms with Crippen molar-refractivity contribution in [3.8, 4) is 22.3 Å². The van der Waals surface area contributed by atoms with Gasteiger partial charge in [-0.25, -0.2) is 0 Å². The average molecular weight is 465 g/mol. The lowest BCUT2D eigenvalue weighted by atomic mass is 9.92. The molecule has 0 radical (unpaired) electrons. The Bertz CT molecular complexity index is 1510. The maximum Gasteiger partial charge on any atom is -0.00203 e. The van der Waals surface area contributed by atoms with Crippen molar-refractivity contribution >= 4 is 0 Å². The summed E-state index contributed by atoms with van der Waals surface area (Å²) in [7, 11) is 0. The van der Waals surface area contributed by atoms with Crippen molar-refractivity contribution in [2.45, 2.75) is 38.5 Å². The summed E-state index contributed by atoms with van der Waals surface area (Å²) in [5, 5.41) is 0. The molecule has 0 amide bonds. The summed E-state index contributed by atoms with van der Waals surface area (Å²) in [5.74, 6) is 0. The van der Waals surface area contributed by atoms with Gasteiger partial charge in [-0.1, -0.05) is 104 Å². The number of rotatable bonds is 4. The first-order chi connectivity index (χ1) is 17.7. The summed E-state index contributed by atoms with van der Waals surface area (Å²) in [5.41, 5.74) is 16.6. The van der Waals surface area contributed by atoms with Gasteiger partial charge in [0.25, 0.3) is 0 Å². The molecule has 0 aromatic heterocycles. The molecule has 0 unspecified atom stereocenters. The van der Waals surface area contributed by atoms with Crippen LogP contribution in [-0.4, -0.2) is 0 Å². The Morgan fingerprint density at radius 1 is 0.417 bits per heavy atom. The van der Waals surface area contributed by atoms with Gasteiger partial charge in [-0.05, 0) is 111 Å². The fourth-order valence-corrected chi connectivity index (χ4v) is 5.93. The van der Waals surface area contributed by atoms with E-state index >= 15 is 0 Å². The fraction of sp³-hybridized carbons (Fsp3) is 0.167. The molecule has 0 heteroatoms. The lowest BCUT2D eigenvalue weighted by Crippen LogP contribution is -1.94. The fourth-order valence-electron chi connectivity index (χ4n) is 5.93. The highest BCUT2D eigenvalue weighted by Gasteiger charge is 2.16. The maximum atomic E-state index is 4.04. The molecule has 2 aliphatic carbocycles. The molecule has 0 nitrogen and oxygen atoms in total. The normalized spacial score (nSPS) is 14.7. The standard InChI is InChI=1S/C36H32/c1-3-25-12-14-34-23-32(17-16-31(34)20-26(25)4-2)29-10-7-11-30(22-29)33-18-19-36-21-28-9-6-5-8-27(28)13-15-35(36)24-33/h3-11,16-19,22-24H,1-2,12-15,20-21H2. The van der Waals surface area contributed by atoms with Crippen LogP contribution in [0.25, 0.3) is 22.3 Å². The zero-order valence-electron chi connectivity index (χ0n) is 20.9. The van der Waals surface area contributed by atoms with Crippen LogP contribution in [0.1, 0.15) is 39.8 Å². The monoisotopic (exact) mass is 464 g/mol. The van der Waals surface area contributed by atoms with Crippen LogP contribution in [0.3, 0.4) is 0 Å². The second kappa shape index (κ2) is 9.63. The van der Waals surface area contributed by atoms with Crippen molar-refractivity contribution < 1.29 is 0 Å². The zero-order valence-corrected chi connectivity index (χ0v) is 20.9. The minimum absolute atomic E-state index is 0.944. The first kappa shape index (κ1) is 22.6. The third-order valence-corrected chi connectivity index (χ3v) is 8.05. The van der Waals surface area contributed by atoms with Crippen LogP contribution < -0.4 is 0 Å². The number of aryl methyl sites for hydroxylation is 3. The molecule has 0 saturated carbocycles. The van der Waals surface area contributed by atoms with E-state index in [9.17, 15) is 0 Å². The van der Waals surface area contributed by atoms with Crippen LogP contribution in [0.2, 0.25) is 0 Å². The Morgan fingerprint density at radius 3 is 1.61 bits per heavy atom. The molecule has 0 aliphatic heterocycles. The second-order valence-electron chi connectivity index (χ2n) is 10.1. The smallest absolute Gasteiger partial charge is 0.00203 e. The average Bonchev–Trinajstić information content (AvgIpc) is 3.23. The Balaban J connectivity index is 1.30. The van der Waals surface area contributed by atoms with Crippen LogP contribution in [0.5, 0.6) is 0 Å². The maximum absolute atomic E-state index is 4.04. The summed E-state index contributed by atoms with van der Waals surface area (Å²) in [6.45, 7) is 8.07. The van der Waals surface area contributed by atoms with E-state index in [2.05, 4.69) is 98.1 Å². The number of hydrogen-bond acceptors (Lipinski definition) is 0. The highest BCUT2D eigenvalue weighted by atomic mass is 14.2. The Labute approximate surface area is 215 Å². The molecule has 0 spiro atoms. The number of hydrogen-bond donors (Lipinski definition) is 0. The van der Waals surface area contributed by atoms with Gasteiger partial charge in [-0.15, -0.1) is 0 Å². The van der Waals surface area contributed by atoms with Gasteiger partial charge < -0.3 is 0 Å². The summed E-state index contributed by atoms with van der Waals surface area (Å²) in [4.78, 5) is 0. The molecular formula is C36H32. The van der Waals surface area contributed by atoms with Gasteiger partial charge in [0.1, 0.15) is 0 Å². The van der Waals surface area contributed by atoms with Gasteiger partial charge in [0.15, 0.2) is 0 Å². The van der Waals surface area contributed by atoms with Gasteiger partial charge in [0.05, 0.1) is 0 Å². The molecule has 176 valence electrons. The summed E-state index contributed by atoms with van der Waals surface area (Å²) in [6, 6.07) is 32.0. The zero-order chi connectivity index (χ0) is 24.5. The lowest BCUT2D eigenvalue weighted by Gasteiger charge is -2.12. The van der Waals surface area contributed by atoms with E-state index in [-0.39, 0.29) is 0 Å². The summed E-state index contributed by atoms with van der Waals surface area (Å²) < 4.78 is 0. The highest BCUT2D eigenvalue weighted by molar-refractivity contribution is 5.74. The summed E-state index contributed by atoms with van der Waals surface area (Å²) in [6.07, 6.45) is 10.3. The van der Waals surface area contributed by atoms with Gasteiger partial charge >= 0.3 is 0 Å². The van der Waals surface area contributed by atoms with E-state index < -0.39 is 0 Å². The molecule has 0 heterocycles. The molecule has 0 bridgehead atoms.